The van der Waals surface area contributed by atoms with Crippen LogP contribution in [0.3, 0.4) is 0 Å². The molecule has 3 rings (SSSR count). The first kappa shape index (κ1) is 18.3. The summed E-state index contributed by atoms with van der Waals surface area (Å²) in [5.41, 5.74) is 0.919. The van der Waals surface area contributed by atoms with Gasteiger partial charge in [-0.25, -0.2) is 4.98 Å². The molecule has 8 heteroatoms. The van der Waals surface area contributed by atoms with E-state index in [2.05, 4.69) is 10.3 Å². The number of aryl methyl sites for hydroxylation is 1. The topological polar surface area (TPSA) is 88.6 Å². The van der Waals surface area contributed by atoms with Gasteiger partial charge in [0.25, 0.3) is 5.91 Å². The molecule has 2 amide bonds. The molecule has 1 aromatic carbocycles. The molecular weight excluding hydrogens is 354 g/mol. The Hall–Kier alpha value is -2.48. The van der Waals surface area contributed by atoms with Gasteiger partial charge < -0.3 is 15.0 Å². The molecule has 1 N–H and O–H groups in total. The van der Waals surface area contributed by atoms with Crippen LogP contribution in [0.1, 0.15) is 24.3 Å². The van der Waals surface area contributed by atoms with Crippen molar-refractivity contribution in [3.05, 3.63) is 29.3 Å². The van der Waals surface area contributed by atoms with Crippen LogP contribution >= 0.6 is 11.3 Å². The van der Waals surface area contributed by atoms with Crippen LogP contribution < -0.4 is 5.32 Å². The molecule has 0 unspecified atom stereocenters. The summed E-state index contributed by atoms with van der Waals surface area (Å²) in [4.78, 5) is 41.2. The molecule has 0 radical (unpaired) electrons. The predicted molar refractivity (Wildman–Crippen MR) is 97.7 cm³/mol. The largest absolute Gasteiger partial charge is 0.456 e. The van der Waals surface area contributed by atoms with Gasteiger partial charge in [0.1, 0.15) is 0 Å². The number of ether oxygens (including phenoxy) is 1. The third kappa shape index (κ3) is 5.26. The molecule has 1 aromatic heterocycles. The molecule has 1 heterocycles. The van der Waals surface area contributed by atoms with Crippen molar-refractivity contribution in [1.82, 2.24) is 15.2 Å². The van der Waals surface area contributed by atoms with Gasteiger partial charge in [-0.05, 0) is 25.0 Å². The Morgan fingerprint density at radius 1 is 1.31 bits per heavy atom. The van der Waals surface area contributed by atoms with Crippen LogP contribution in [-0.2, 0) is 25.5 Å². The van der Waals surface area contributed by atoms with Gasteiger partial charge in [-0.3, -0.25) is 14.4 Å². The maximum atomic E-state index is 11.9. The first-order valence-corrected chi connectivity index (χ1v) is 9.36. The lowest BCUT2D eigenvalue weighted by atomic mass is 10.3. The quantitative estimate of drug-likeness (QED) is 0.707. The van der Waals surface area contributed by atoms with Gasteiger partial charge in [0.2, 0.25) is 5.91 Å². The number of likely N-dealkylation sites (N-methyl/N-ethyl adjacent to an activating group) is 1. The summed E-state index contributed by atoms with van der Waals surface area (Å²) in [5.74, 6) is -1.04. The molecule has 0 aliphatic heterocycles. The fourth-order valence-corrected chi connectivity index (χ4v) is 3.33. The Bertz CT molecular complexity index is 783. The van der Waals surface area contributed by atoms with Gasteiger partial charge in [0.15, 0.2) is 6.61 Å². The second-order valence-electron chi connectivity index (χ2n) is 6.33. The molecule has 1 saturated carbocycles. The Labute approximate surface area is 155 Å². The van der Waals surface area contributed by atoms with Crippen molar-refractivity contribution in [3.63, 3.8) is 0 Å². The Morgan fingerprint density at radius 2 is 2.08 bits per heavy atom. The number of rotatable bonds is 8. The van der Waals surface area contributed by atoms with Crippen molar-refractivity contribution in [1.29, 1.82) is 0 Å². The molecule has 1 fully saturated rings. The smallest absolute Gasteiger partial charge is 0.306 e. The number of aromatic nitrogens is 1. The van der Waals surface area contributed by atoms with E-state index in [4.69, 9.17) is 4.74 Å². The highest BCUT2D eigenvalue weighted by Crippen LogP contribution is 2.22. The fourth-order valence-electron chi connectivity index (χ4n) is 2.37. The monoisotopic (exact) mass is 375 g/mol. The third-order valence-electron chi connectivity index (χ3n) is 3.99. The van der Waals surface area contributed by atoms with E-state index >= 15 is 0 Å². The highest BCUT2D eigenvalue weighted by atomic mass is 32.1. The number of hydrogen-bond donors (Lipinski definition) is 1. The second kappa shape index (κ2) is 8.27. The van der Waals surface area contributed by atoms with Gasteiger partial charge >= 0.3 is 5.97 Å². The van der Waals surface area contributed by atoms with Crippen LogP contribution in [0, 0.1) is 0 Å². The first-order chi connectivity index (χ1) is 12.5. The SMILES string of the molecule is CN(CC(=O)NC1CC1)C(=O)COC(=O)CCc1nc2ccccc2s1. The molecule has 0 atom stereocenters. The van der Waals surface area contributed by atoms with Gasteiger partial charge in [-0.2, -0.15) is 0 Å². The highest BCUT2D eigenvalue weighted by Gasteiger charge is 2.24. The Balaban J connectivity index is 1.37. The lowest BCUT2D eigenvalue weighted by molar-refractivity contribution is -0.151. The predicted octanol–water partition coefficient (Wildman–Crippen LogP) is 1.51. The number of hydrogen-bond acceptors (Lipinski definition) is 6. The standard InChI is InChI=1S/C18H21N3O4S/c1-21(10-15(22)19-12-6-7-12)17(23)11-25-18(24)9-8-16-20-13-4-2-3-5-14(13)26-16/h2-5,12H,6-11H2,1H3,(H,19,22). The molecule has 0 bridgehead atoms. The molecule has 1 aliphatic carbocycles. The minimum Gasteiger partial charge on any atom is -0.456 e. The van der Waals surface area contributed by atoms with E-state index in [9.17, 15) is 14.4 Å². The maximum absolute atomic E-state index is 11.9. The van der Waals surface area contributed by atoms with Gasteiger partial charge in [0, 0.05) is 19.5 Å². The van der Waals surface area contributed by atoms with Crippen LogP contribution in [0.4, 0.5) is 0 Å². The summed E-state index contributed by atoms with van der Waals surface area (Å²) >= 11 is 1.55. The van der Waals surface area contributed by atoms with Crippen molar-refractivity contribution in [2.45, 2.75) is 31.7 Å². The lowest BCUT2D eigenvalue weighted by Crippen LogP contribution is -2.40. The normalized spacial score (nSPS) is 13.4. The van der Waals surface area contributed by atoms with Crippen LogP contribution in [0.2, 0.25) is 0 Å². The summed E-state index contributed by atoms with van der Waals surface area (Å²) in [7, 11) is 1.52. The minimum absolute atomic E-state index is 0.0292. The average Bonchev–Trinajstić information content (AvgIpc) is 3.32. The molecule has 138 valence electrons. The minimum atomic E-state index is -0.451. The summed E-state index contributed by atoms with van der Waals surface area (Å²) in [6.45, 7) is -0.384. The summed E-state index contributed by atoms with van der Waals surface area (Å²) in [5, 5.41) is 3.67. The number of carbonyl (C=O) groups excluding carboxylic acids is 3. The van der Waals surface area contributed by atoms with Crippen molar-refractivity contribution < 1.29 is 19.1 Å². The molecule has 2 aromatic rings. The molecule has 0 saturated heterocycles. The molecule has 0 spiro atoms. The second-order valence-corrected chi connectivity index (χ2v) is 7.44. The van der Waals surface area contributed by atoms with Gasteiger partial charge in [-0.1, -0.05) is 12.1 Å². The highest BCUT2D eigenvalue weighted by molar-refractivity contribution is 7.18. The van der Waals surface area contributed by atoms with E-state index in [-0.39, 0.29) is 31.5 Å². The summed E-state index contributed by atoms with van der Waals surface area (Å²) in [6, 6.07) is 8.05. The van der Waals surface area contributed by atoms with E-state index in [1.807, 2.05) is 24.3 Å². The third-order valence-corrected chi connectivity index (χ3v) is 5.08. The van der Waals surface area contributed by atoms with Crippen molar-refractivity contribution >= 4 is 39.3 Å². The van der Waals surface area contributed by atoms with Crippen LogP contribution in [0.5, 0.6) is 0 Å². The van der Waals surface area contributed by atoms with Crippen LogP contribution in [0.15, 0.2) is 24.3 Å². The number of nitrogens with one attached hydrogen (secondary N) is 1. The zero-order valence-electron chi connectivity index (χ0n) is 14.6. The molecule has 1 aliphatic rings. The number of esters is 1. The first-order valence-electron chi connectivity index (χ1n) is 8.54. The Kier molecular flexibility index (Phi) is 5.82. The number of carbonyl (C=O) groups is 3. The zero-order valence-corrected chi connectivity index (χ0v) is 15.4. The van der Waals surface area contributed by atoms with Gasteiger partial charge in [0.05, 0.1) is 28.2 Å². The van der Waals surface area contributed by atoms with E-state index in [0.717, 1.165) is 28.1 Å². The molecular formula is C18H21N3O4S. The lowest BCUT2D eigenvalue weighted by Gasteiger charge is -2.16. The van der Waals surface area contributed by atoms with Crippen molar-refractivity contribution in [3.8, 4) is 0 Å². The number of amides is 2. The van der Waals surface area contributed by atoms with Crippen molar-refractivity contribution in [2.75, 3.05) is 20.2 Å². The van der Waals surface area contributed by atoms with Crippen molar-refractivity contribution in [2.24, 2.45) is 0 Å². The average molecular weight is 375 g/mol. The van der Waals surface area contributed by atoms with E-state index in [1.54, 1.807) is 11.3 Å². The number of fused-ring (bicyclic) bond motifs is 1. The van der Waals surface area contributed by atoms with E-state index < -0.39 is 11.9 Å². The van der Waals surface area contributed by atoms with Crippen LogP contribution in [-0.4, -0.2) is 53.9 Å². The molecule has 7 nitrogen and oxygen atoms in total. The number of para-hydroxylation sites is 1. The van der Waals surface area contributed by atoms with Crippen LogP contribution in [0.25, 0.3) is 10.2 Å². The fraction of sp³-hybridized carbons (Fsp3) is 0.444. The molecule has 26 heavy (non-hydrogen) atoms. The summed E-state index contributed by atoms with van der Waals surface area (Å²) < 4.78 is 6.09. The summed E-state index contributed by atoms with van der Waals surface area (Å²) in [6.07, 6.45) is 2.64. The van der Waals surface area contributed by atoms with E-state index in [0.29, 0.717) is 6.42 Å². The maximum Gasteiger partial charge on any atom is 0.306 e. The van der Waals surface area contributed by atoms with Gasteiger partial charge in [-0.15, -0.1) is 11.3 Å². The number of thiazole rings is 1. The zero-order chi connectivity index (χ0) is 18.5. The number of nitrogens with zero attached hydrogens (tertiary/aromatic N) is 2. The Morgan fingerprint density at radius 3 is 2.81 bits per heavy atom. The number of benzene rings is 1. The van der Waals surface area contributed by atoms with E-state index in [1.165, 1.54) is 11.9 Å².